The van der Waals surface area contributed by atoms with Gasteiger partial charge in [0.1, 0.15) is 0 Å². The molecule has 3 atom stereocenters. The van der Waals surface area contributed by atoms with E-state index in [1.165, 1.54) is 12.7 Å². The van der Waals surface area contributed by atoms with Gasteiger partial charge in [-0.05, 0) is 30.5 Å². The number of hydrogen-bond acceptors (Lipinski definition) is 4. The van der Waals surface area contributed by atoms with Crippen LogP contribution in [0.15, 0.2) is 36.4 Å². The second kappa shape index (κ2) is 5.27. The molecule has 2 aromatic carbocycles. The van der Waals surface area contributed by atoms with E-state index in [0.717, 1.165) is 24.2 Å². The molecule has 1 amide bonds. The van der Waals surface area contributed by atoms with Crippen molar-refractivity contribution in [2.24, 2.45) is 5.92 Å². The van der Waals surface area contributed by atoms with Gasteiger partial charge in [-0.3, -0.25) is 4.79 Å². The predicted octanol–water partition coefficient (Wildman–Crippen LogP) is 3.53. The number of fused-ring (bicyclic) bond motifs is 6. The first kappa shape index (κ1) is 15.3. The highest BCUT2D eigenvalue weighted by Crippen LogP contribution is 2.52. The van der Waals surface area contributed by atoms with E-state index in [2.05, 4.69) is 32.0 Å². The normalized spacial score (nSPS) is 26.2. The molecule has 1 saturated carbocycles. The van der Waals surface area contributed by atoms with Crippen LogP contribution in [0.25, 0.3) is 0 Å². The molecule has 5 rings (SSSR count). The Hall–Kier alpha value is -1.96. The fraction of sp³-hybridized carbons (Fsp3) is 0.316. The number of anilines is 2. The number of nitrogens with zero attached hydrogens (tertiary/aromatic N) is 2. The van der Waals surface area contributed by atoms with Gasteiger partial charge in [0, 0.05) is 29.8 Å². The van der Waals surface area contributed by atoms with E-state index in [1.807, 2.05) is 23.1 Å². The molecule has 0 bridgehead atoms. The Morgan fingerprint density at radius 2 is 2.00 bits per heavy atom. The summed E-state index contributed by atoms with van der Waals surface area (Å²) in [6.07, 6.45) is 1.98. The van der Waals surface area contributed by atoms with E-state index in [4.69, 9.17) is 4.74 Å². The molecule has 25 heavy (non-hydrogen) atoms. The lowest BCUT2D eigenvalue weighted by Gasteiger charge is -2.32. The number of ether oxygens (including phenoxy) is 1. The van der Waals surface area contributed by atoms with Crippen molar-refractivity contribution in [1.29, 1.82) is 0 Å². The van der Waals surface area contributed by atoms with Crippen molar-refractivity contribution in [2.45, 2.75) is 24.9 Å². The van der Waals surface area contributed by atoms with Crippen molar-refractivity contribution in [2.75, 3.05) is 15.1 Å². The molecule has 1 aliphatic carbocycles. The van der Waals surface area contributed by atoms with Gasteiger partial charge in [0.25, 0.3) is 5.91 Å². The Labute approximate surface area is 159 Å². The first-order valence-corrected chi connectivity index (χ1v) is 9.34. The highest BCUT2D eigenvalue weighted by atomic mass is 127. The van der Waals surface area contributed by atoms with Crippen LogP contribution in [-0.2, 0) is 6.42 Å². The number of carbonyl (C=O) groups is 1. The van der Waals surface area contributed by atoms with E-state index >= 15 is 0 Å². The maximum Gasteiger partial charge on any atom is 0.260 e. The molecule has 0 aromatic heterocycles. The number of phenolic OH excluding ortho intramolecular Hbond substituents is 1. The first-order valence-electron chi connectivity index (χ1n) is 8.37. The zero-order valence-electron chi connectivity index (χ0n) is 13.6. The first-order chi connectivity index (χ1) is 12.1. The molecule has 1 N–H and O–H groups in total. The number of rotatable bonds is 1. The summed E-state index contributed by atoms with van der Waals surface area (Å²) >= 11 is 2.27. The van der Waals surface area contributed by atoms with Crippen molar-refractivity contribution in [3.05, 3.63) is 47.5 Å². The minimum Gasteiger partial charge on any atom is -0.504 e. The fourth-order valence-electron chi connectivity index (χ4n) is 4.27. The van der Waals surface area contributed by atoms with Gasteiger partial charge in [-0.2, -0.15) is 0 Å². The van der Waals surface area contributed by atoms with Gasteiger partial charge in [-0.15, -0.1) is 0 Å². The van der Waals surface area contributed by atoms with Gasteiger partial charge in [0.05, 0.1) is 41.2 Å². The van der Waals surface area contributed by atoms with Crippen LogP contribution in [0, 0.1) is 5.92 Å². The van der Waals surface area contributed by atoms with Crippen LogP contribution in [0.3, 0.4) is 0 Å². The maximum atomic E-state index is 13.5. The molecule has 2 heterocycles. The highest BCUT2D eigenvalue weighted by Gasteiger charge is 2.54. The summed E-state index contributed by atoms with van der Waals surface area (Å²) in [5.74, 6) is 0.835. The topological polar surface area (TPSA) is 53.0 Å². The lowest BCUT2D eigenvalue weighted by molar-refractivity contribution is 0.0976. The SMILES string of the molecule is COc1cc2c(cc1O)N(I)C1CC1C1Cc3ccccc3N1C2=O. The molecule has 128 valence electrons. The van der Waals surface area contributed by atoms with Crippen LogP contribution in [0.1, 0.15) is 22.3 Å². The van der Waals surface area contributed by atoms with Crippen molar-refractivity contribution in [3.8, 4) is 11.5 Å². The van der Waals surface area contributed by atoms with Gasteiger partial charge < -0.3 is 17.9 Å². The summed E-state index contributed by atoms with van der Waals surface area (Å²) in [5, 5.41) is 10.2. The summed E-state index contributed by atoms with van der Waals surface area (Å²) in [6.45, 7) is 0. The van der Waals surface area contributed by atoms with Gasteiger partial charge in [-0.1, -0.05) is 18.2 Å². The summed E-state index contributed by atoms with van der Waals surface area (Å²) in [5.41, 5.74) is 3.60. The van der Waals surface area contributed by atoms with E-state index in [-0.39, 0.29) is 17.7 Å². The standard InChI is InChI=1S/C19H17IN2O3/c1-25-18-8-12-16(9-17(18)23)22(20)15-7-11(15)14-6-10-4-2-3-5-13(10)21(14)19(12)24/h2-5,8-9,11,14-15,23H,6-7H2,1H3. The summed E-state index contributed by atoms with van der Waals surface area (Å²) < 4.78 is 7.36. The van der Waals surface area contributed by atoms with Gasteiger partial charge in [0.15, 0.2) is 11.5 Å². The molecule has 3 aliphatic rings. The van der Waals surface area contributed by atoms with E-state index in [9.17, 15) is 9.90 Å². The molecule has 2 aromatic rings. The minimum absolute atomic E-state index is 0.0183. The molecule has 0 radical (unpaired) electrons. The number of halogens is 1. The Morgan fingerprint density at radius 3 is 2.80 bits per heavy atom. The molecule has 2 aliphatic heterocycles. The lowest BCUT2D eigenvalue weighted by atomic mass is 10.0. The minimum atomic E-state index is -0.0183. The second-order valence-electron chi connectivity index (χ2n) is 6.89. The number of phenols is 1. The van der Waals surface area contributed by atoms with Crippen LogP contribution in [0.2, 0.25) is 0 Å². The predicted molar refractivity (Wildman–Crippen MR) is 104 cm³/mol. The summed E-state index contributed by atoms with van der Waals surface area (Å²) in [6, 6.07) is 12.1. The number of amides is 1. The van der Waals surface area contributed by atoms with Gasteiger partial charge in [0.2, 0.25) is 0 Å². The van der Waals surface area contributed by atoms with Crippen LogP contribution in [-0.4, -0.2) is 30.2 Å². The zero-order chi connectivity index (χ0) is 17.3. The van der Waals surface area contributed by atoms with Crippen molar-refractivity contribution >= 4 is 40.1 Å². The molecule has 0 saturated heterocycles. The molecule has 5 nitrogen and oxygen atoms in total. The van der Waals surface area contributed by atoms with Gasteiger partial charge in [-0.25, -0.2) is 0 Å². The average Bonchev–Trinajstić information content (AvgIpc) is 3.32. The molecule has 1 fully saturated rings. The number of para-hydroxylation sites is 1. The van der Waals surface area contributed by atoms with Crippen LogP contribution >= 0.6 is 22.9 Å². The largest absolute Gasteiger partial charge is 0.504 e. The van der Waals surface area contributed by atoms with Crippen LogP contribution in [0.5, 0.6) is 11.5 Å². The van der Waals surface area contributed by atoms with E-state index in [1.54, 1.807) is 12.1 Å². The summed E-state index contributed by atoms with van der Waals surface area (Å²) in [7, 11) is 1.50. The molecule has 3 unspecified atom stereocenters. The van der Waals surface area contributed by atoms with E-state index < -0.39 is 0 Å². The Balaban J connectivity index is 1.71. The molecule has 0 spiro atoms. The van der Waals surface area contributed by atoms with Crippen LogP contribution < -0.4 is 12.8 Å². The fourth-order valence-corrected chi connectivity index (χ4v) is 5.31. The number of carbonyl (C=O) groups excluding carboxylic acids is 1. The third-order valence-electron chi connectivity index (χ3n) is 5.58. The summed E-state index contributed by atoms with van der Waals surface area (Å²) in [4.78, 5) is 15.5. The van der Waals surface area contributed by atoms with E-state index in [0.29, 0.717) is 23.3 Å². The number of benzene rings is 2. The third kappa shape index (κ3) is 2.09. The molecule has 6 heteroatoms. The van der Waals surface area contributed by atoms with Gasteiger partial charge >= 0.3 is 0 Å². The Kier molecular flexibility index (Phi) is 3.22. The maximum absolute atomic E-state index is 13.5. The quantitative estimate of drug-likeness (QED) is 0.536. The average molecular weight is 448 g/mol. The number of aromatic hydroxyl groups is 1. The van der Waals surface area contributed by atoms with Crippen molar-refractivity contribution in [3.63, 3.8) is 0 Å². The zero-order valence-corrected chi connectivity index (χ0v) is 15.8. The second-order valence-corrected chi connectivity index (χ2v) is 7.93. The Morgan fingerprint density at radius 1 is 1.20 bits per heavy atom. The smallest absolute Gasteiger partial charge is 0.260 e. The number of hydrogen-bond donors (Lipinski definition) is 1. The molecular formula is C19H17IN2O3. The lowest BCUT2D eigenvalue weighted by Crippen LogP contribution is -2.43. The monoisotopic (exact) mass is 448 g/mol. The third-order valence-corrected chi connectivity index (χ3v) is 6.81. The van der Waals surface area contributed by atoms with Crippen molar-refractivity contribution < 1.29 is 14.6 Å². The molecular weight excluding hydrogens is 431 g/mol. The number of methoxy groups -OCH3 is 1. The Bertz CT molecular complexity index is 900. The van der Waals surface area contributed by atoms with Crippen LogP contribution in [0.4, 0.5) is 11.4 Å². The highest BCUT2D eigenvalue weighted by molar-refractivity contribution is 14.1. The van der Waals surface area contributed by atoms with Crippen molar-refractivity contribution in [1.82, 2.24) is 0 Å².